The van der Waals surface area contributed by atoms with E-state index in [0.29, 0.717) is 12.0 Å². The highest BCUT2D eigenvalue weighted by Crippen LogP contribution is 2.49. The van der Waals surface area contributed by atoms with Gasteiger partial charge in [0.05, 0.1) is 35.2 Å². The maximum Gasteiger partial charge on any atom is 0.243 e. The van der Waals surface area contributed by atoms with Crippen molar-refractivity contribution >= 4 is 15.7 Å². The lowest BCUT2D eigenvalue weighted by Gasteiger charge is -2.39. The number of rotatable bonds is 4. The first-order valence-corrected chi connectivity index (χ1v) is 12.2. The molecule has 0 bridgehead atoms. The number of nitrogens with one attached hydrogen (secondary N) is 1. The Morgan fingerprint density at radius 2 is 1.85 bits per heavy atom. The van der Waals surface area contributed by atoms with Crippen LogP contribution in [0.2, 0.25) is 0 Å². The number of nitriles is 1. The largest absolute Gasteiger partial charge is 0.394 e. The molecule has 2 N–H and O–H groups in total. The Morgan fingerprint density at radius 1 is 1.09 bits per heavy atom. The smallest absolute Gasteiger partial charge is 0.243 e. The highest BCUT2D eigenvalue weighted by molar-refractivity contribution is 7.89. The van der Waals surface area contributed by atoms with Crippen LogP contribution in [0.25, 0.3) is 11.1 Å². The number of nitrogens with zero attached hydrogens (tertiary/aromatic N) is 2. The minimum Gasteiger partial charge on any atom is -0.394 e. The molecular weight excluding hydrogens is 441 g/mol. The summed E-state index contributed by atoms with van der Waals surface area (Å²) in [6, 6.07) is 19.4. The van der Waals surface area contributed by atoms with E-state index >= 15 is 0 Å². The van der Waals surface area contributed by atoms with E-state index in [4.69, 9.17) is 5.26 Å². The van der Waals surface area contributed by atoms with E-state index in [1.165, 1.54) is 22.5 Å². The monoisotopic (exact) mass is 463 g/mol. The van der Waals surface area contributed by atoms with Crippen LogP contribution in [0.4, 0.5) is 10.1 Å². The van der Waals surface area contributed by atoms with E-state index in [1.54, 1.807) is 12.1 Å². The van der Waals surface area contributed by atoms with Crippen LogP contribution in [-0.2, 0) is 10.0 Å². The number of sulfonamides is 1. The second-order valence-corrected chi connectivity index (χ2v) is 10.3. The van der Waals surface area contributed by atoms with Crippen LogP contribution in [0.5, 0.6) is 0 Å². The summed E-state index contributed by atoms with van der Waals surface area (Å²) >= 11 is 0. The molecule has 1 fully saturated rings. The van der Waals surface area contributed by atoms with Crippen LogP contribution in [-0.4, -0.2) is 37.0 Å². The topological polar surface area (TPSA) is 93.4 Å². The zero-order valence-corrected chi connectivity index (χ0v) is 18.5. The summed E-state index contributed by atoms with van der Waals surface area (Å²) in [6.45, 7) is 0.165. The summed E-state index contributed by atoms with van der Waals surface area (Å²) in [6.07, 6.45) is 0.581. The number of fused-ring (bicyclic) bond motifs is 3. The summed E-state index contributed by atoms with van der Waals surface area (Å²) in [7, 11) is -3.94. The first kappa shape index (κ1) is 21.6. The van der Waals surface area contributed by atoms with E-state index in [0.717, 1.165) is 28.4 Å². The second-order valence-electron chi connectivity index (χ2n) is 8.40. The number of hydrogen-bond donors (Lipinski definition) is 2. The van der Waals surface area contributed by atoms with Crippen molar-refractivity contribution in [2.45, 2.75) is 23.4 Å². The maximum atomic E-state index is 13.8. The molecule has 3 aromatic rings. The zero-order valence-electron chi connectivity index (χ0n) is 17.6. The molecule has 0 spiro atoms. The zero-order chi connectivity index (χ0) is 23.2. The predicted molar refractivity (Wildman–Crippen MR) is 122 cm³/mol. The normalized spacial score (nSPS) is 22.2. The molecule has 2 aliphatic rings. The Balaban J connectivity index is 1.60. The molecule has 0 amide bonds. The standard InChI is InChI=1S/C25H22FN3O3S/c26-19-2-1-3-20(13-19)33(31,32)29-11-10-21-24(15-30)28-23-9-8-18(12-22(23)25(21)29)17-6-4-16(14-27)5-7-17/h1-9,12-13,21,24-25,28,30H,10-11,15H2/t21-,24+,25-/m1/s1. The molecule has 0 aliphatic carbocycles. The number of aliphatic hydroxyl groups excluding tert-OH is 1. The van der Waals surface area contributed by atoms with E-state index in [2.05, 4.69) is 11.4 Å². The van der Waals surface area contributed by atoms with Gasteiger partial charge in [0, 0.05) is 18.2 Å². The summed E-state index contributed by atoms with van der Waals surface area (Å²) in [5.41, 5.74) is 3.97. The third-order valence-electron chi connectivity index (χ3n) is 6.57. The van der Waals surface area contributed by atoms with Gasteiger partial charge in [-0.3, -0.25) is 0 Å². The highest BCUT2D eigenvalue weighted by atomic mass is 32.2. The molecular formula is C25H22FN3O3S. The van der Waals surface area contributed by atoms with E-state index < -0.39 is 21.9 Å². The van der Waals surface area contributed by atoms with Crippen LogP contribution in [0.3, 0.4) is 0 Å². The Hall–Kier alpha value is -3.25. The molecule has 168 valence electrons. The number of hydrogen-bond acceptors (Lipinski definition) is 5. The van der Waals surface area contributed by atoms with Crippen LogP contribution < -0.4 is 5.32 Å². The van der Waals surface area contributed by atoms with Gasteiger partial charge in [-0.05, 0) is 65.6 Å². The summed E-state index contributed by atoms with van der Waals surface area (Å²) < 4.78 is 42.3. The Kier molecular flexibility index (Phi) is 5.41. The summed E-state index contributed by atoms with van der Waals surface area (Å²) in [5.74, 6) is -0.726. The van der Waals surface area contributed by atoms with Gasteiger partial charge in [0.15, 0.2) is 0 Å². The van der Waals surface area contributed by atoms with Gasteiger partial charge < -0.3 is 10.4 Å². The molecule has 2 heterocycles. The average molecular weight is 464 g/mol. The van der Waals surface area contributed by atoms with Crippen LogP contribution in [0, 0.1) is 23.1 Å². The molecule has 2 aliphatic heterocycles. The van der Waals surface area contributed by atoms with Gasteiger partial charge >= 0.3 is 0 Å². The lowest BCUT2D eigenvalue weighted by Crippen LogP contribution is -2.42. The van der Waals surface area contributed by atoms with Gasteiger partial charge in [-0.15, -0.1) is 0 Å². The highest BCUT2D eigenvalue weighted by Gasteiger charge is 2.48. The van der Waals surface area contributed by atoms with Gasteiger partial charge in [0.25, 0.3) is 0 Å². The van der Waals surface area contributed by atoms with E-state index in [-0.39, 0.29) is 30.0 Å². The van der Waals surface area contributed by atoms with Crippen molar-refractivity contribution in [3.05, 3.63) is 83.7 Å². The third kappa shape index (κ3) is 3.68. The number of aliphatic hydroxyl groups is 1. The second kappa shape index (κ2) is 8.27. The Labute approximate surface area is 192 Å². The van der Waals surface area contributed by atoms with Crippen molar-refractivity contribution in [2.75, 3.05) is 18.5 Å². The molecule has 3 atom stereocenters. The molecule has 5 rings (SSSR count). The third-order valence-corrected chi connectivity index (χ3v) is 8.45. The number of anilines is 1. The fourth-order valence-electron chi connectivity index (χ4n) is 4.97. The maximum absolute atomic E-state index is 13.8. The van der Waals surface area contributed by atoms with Crippen LogP contribution >= 0.6 is 0 Å². The SMILES string of the molecule is N#Cc1ccc(-c2ccc3c(c2)[C@H]2[C@H](CCN2S(=O)(=O)c2cccc(F)c2)[C@H](CO)N3)cc1. The molecule has 33 heavy (non-hydrogen) atoms. The van der Waals surface area contributed by atoms with Crippen LogP contribution in [0.1, 0.15) is 23.6 Å². The average Bonchev–Trinajstić information content (AvgIpc) is 3.30. The van der Waals surface area contributed by atoms with Crippen molar-refractivity contribution < 1.29 is 17.9 Å². The van der Waals surface area contributed by atoms with Crippen molar-refractivity contribution in [1.29, 1.82) is 5.26 Å². The first-order valence-electron chi connectivity index (χ1n) is 10.7. The summed E-state index contributed by atoms with van der Waals surface area (Å²) in [4.78, 5) is -0.0768. The fraction of sp³-hybridized carbons (Fsp3) is 0.240. The molecule has 0 unspecified atom stereocenters. The van der Waals surface area contributed by atoms with Gasteiger partial charge in [-0.1, -0.05) is 24.3 Å². The number of benzene rings is 3. The number of halogens is 1. The fourth-order valence-corrected chi connectivity index (χ4v) is 6.67. The van der Waals surface area contributed by atoms with Gasteiger partial charge in [-0.25, -0.2) is 12.8 Å². The Bertz CT molecular complexity index is 1350. The molecule has 1 saturated heterocycles. The first-order chi connectivity index (χ1) is 15.9. The predicted octanol–water partition coefficient (Wildman–Crippen LogP) is 3.90. The van der Waals surface area contributed by atoms with E-state index in [1.807, 2.05) is 30.3 Å². The van der Waals surface area contributed by atoms with Crippen molar-refractivity contribution in [3.63, 3.8) is 0 Å². The minimum atomic E-state index is -3.94. The molecule has 0 saturated carbocycles. The van der Waals surface area contributed by atoms with Gasteiger partial charge in [0.1, 0.15) is 5.82 Å². The molecule has 0 radical (unpaired) electrons. The van der Waals surface area contributed by atoms with Gasteiger partial charge in [-0.2, -0.15) is 9.57 Å². The molecule has 6 nitrogen and oxygen atoms in total. The Morgan fingerprint density at radius 3 is 2.55 bits per heavy atom. The molecule has 3 aromatic carbocycles. The lowest BCUT2D eigenvalue weighted by atomic mass is 9.82. The van der Waals surface area contributed by atoms with Gasteiger partial charge in [0.2, 0.25) is 10.0 Å². The van der Waals surface area contributed by atoms with Crippen molar-refractivity contribution in [2.24, 2.45) is 5.92 Å². The minimum absolute atomic E-state index is 0.0768. The summed E-state index contributed by atoms with van der Waals surface area (Å²) in [5, 5.41) is 22.4. The quantitative estimate of drug-likeness (QED) is 0.612. The van der Waals surface area contributed by atoms with Crippen LogP contribution in [0.15, 0.2) is 71.6 Å². The van der Waals surface area contributed by atoms with Crippen molar-refractivity contribution in [1.82, 2.24) is 4.31 Å². The van der Waals surface area contributed by atoms with E-state index in [9.17, 15) is 17.9 Å². The molecule has 8 heteroatoms. The lowest BCUT2D eigenvalue weighted by molar-refractivity contribution is 0.210. The molecule has 0 aromatic heterocycles. The van der Waals surface area contributed by atoms with Crippen molar-refractivity contribution in [3.8, 4) is 17.2 Å².